The van der Waals surface area contributed by atoms with Crippen LogP contribution in [-0.4, -0.2) is 26.8 Å². The SMILES string of the molecule is Cc1cc(-c2cn[nH]c2[C@@H]2CCCCN2Cc2ccc(C)c(C)c2)on1. The highest BCUT2D eigenvalue weighted by atomic mass is 16.5. The van der Waals surface area contributed by atoms with Crippen molar-refractivity contribution < 1.29 is 4.52 Å². The Bertz CT molecular complexity index is 895. The maximum atomic E-state index is 5.49. The lowest BCUT2D eigenvalue weighted by Crippen LogP contribution is -2.33. The molecular weight excluding hydrogens is 324 g/mol. The van der Waals surface area contributed by atoms with Gasteiger partial charge in [0, 0.05) is 12.6 Å². The topological polar surface area (TPSA) is 58.0 Å². The van der Waals surface area contributed by atoms with Gasteiger partial charge in [-0.05, 0) is 56.8 Å². The van der Waals surface area contributed by atoms with Crippen molar-refractivity contribution in [1.82, 2.24) is 20.3 Å². The van der Waals surface area contributed by atoms with Crippen molar-refractivity contribution >= 4 is 0 Å². The Morgan fingerprint density at radius 2 is 2.04 bits per heavy atom. The maximum Gasteiger partial charge on any atom is 0.170 e. The molecule has 1 aromatic carbocycles. The number of hydrogen-bond donors (Lipinski definition) is 1. The zero-order chi connectivity index (χ0) is 18.1. The predicted octanol–water partition coefficient (Wildman–Crippen LogP) is 4.72. The summed E-state index contributed by atoms with van der Waals surface area (Å²) in [5, 5.41) is 11.6. The maximum absolute atomic E-state index is 5.49. The summed E-state index contributed by atoms with van der Waals surface area (Å²) < 4.78 is 5.49. The largest absolute Gasteiger partial charge is 0.356 e. The second kappa shape index (κ2) is 7.08. The van der Waals surface area contributed by atoms with Crippen LogP contribution in [0, 0.1) is 20.8 Å². The minimum atomic E-state index is 0.327. The van der Waals surface area contributed by atoms with Gasteiger partial charge in [0.15, 0.2) is 5.76 Å². The van der Waals surface area contributed by atoms with Crippen molar-refractivity contribution in [3.05, 3.63) is 58.5 Å². The van der Waals surface area contributed by atoms with Gasteiger partial charge in [0.1, 0.15) is 0 Å². The molecule has 2 aromatic heterocycles. The highest BCUT2D eigenvalue weighted by molar-refractivity contribution is 5.60. The van der Waals surface area contributed by atoms with E-state index in [9.17, 15) is 0 Å². The van der Waals surface area contributed by atoms with Gasteiger partial charge < -0.3 is 4.52 Å². The first-order chi connectivity index (χ1) is 12.6. The van der Waals surface area contributed by atoms with Crippen LogP contribution < -0.4 is 0 Å². The van der Waals surface area contributed by atoms with E-state index in [-0.39, 0.29) is 0 Å². The number of likely N-dealkylation sites (tertiary alicyclic amines) is 1. The number of aryl methyl sites for hydroxylation is 3. The highest BCUT2D eigenvalue weighted by Crippen LogP contribution is 2.36. The van der Waals surface area contributed by atoms with Crippen LogP contribution in [0.4, 0.5) is 0 Å². The summed E-state index contributed by atoms with van der Waals surface area (Å²) in [6, 6.07) is 9.09. The Morgan fingerprint density at radius 1 is 1.15 bits per heavy atom. The first-order valence-corrected chi connectivity index (χ1v) is 9.39. The number of benzene rings is 1. The van der Waals surface area contributed by atoms with Crippen molar-refractivity contribution in [2.75, 3.05) is 6.54 Å². The molecule has 1 atom stereocenters. The number of nitrogens with one attached hydrogen (secondary N) is 1. The summed E-state index contributed by atoms with van der Waals surface area (Å²) in [7, 11) is 0. The average Bonchev–Trinajstić information content (AvgIpc) is 3.27. The summed E-state index contributed by atoms with van der Waals surface area (Å²) in [5.74, 6) is 0.794. The number of piperidine rings is 1. The van der Waals surface area contributed by atoms with Crippen LogP contribution in [0.1, 0.15) is 53.4 Å². The van der Waals surface area contributed by atoms with Crippen molar-refractivity contribution in [1.29, 1.82) is 0 Å². The molecule has 136 valence electrons. The molecule has 1 aliphatic rings. The second-order valence-corrected chi connectivity index (χ2v) is 7.43. The van der Waals surface area contributed by atoms with Crippen molar-refractivity contribution in [3.8, 4) is 11.3 Å². The molecule has 3 heterocycles. The van der Waals surface area contributed by atoms with Crippen LogP contribution in [0.25, 0.3) is 11.3 Å². The predicted molar refractivity (Wildman–Crippen MR) is 102 cm³/mol. The van der Waals surface area contributed by atoms with E-state index in [1.165, 1.54) is 29.5 Å². The van der Waals surface area contributed by atoms with E-state index in [1.54, 1.807) is 0 Å². The van der Waals surface area contributed by atoms with Gasteiger partial charge in [-0.1, -0.05) is 29.8 Å². The van der Waals surface area contributed by atoms with Crippen molar-refractivity contribution in [3.63, 3.8) is 0 Å². The fourth-order valence-electron chi connectivity index (χ4n) is 3.88. The molecule has 0 amide bonds. The van der Waals surface area contributed by atoms with Crippen LogP contribution >= 0.6 is 0 Å². The molecule has 1 N–H and O–H groups in total. The summed E-state index contributed by atoms with van der Waals surface area (Å²) in [6.07, 6.45) is 5.47. The van der Waals surface area contributed by atoms with Gasteiger partial charge in [0.25, 0.3) is 0 Å². The number of nitrogens with zero attached hydrogens (tertiary/aromatic N) is 3. The summed E-state index contributed by atoms with van der Waals surface area (Å²) >= 11 is 0. The monoisotopic (exact) mass is 350 g/mol. The Labute approximate surface area is 154 Å². The quantitative estimate of drug-likeness (QED) is 0.740. The zero-order valence-corrected chi connectivity index (χ0v) is 15.7. The smallest absolute Gasteiger partial charge is 0.170 e. The van der Waals surface area contributed by atoms with Crippen LogP contribution in [0.15, 0.2) is 35.0 Å². The van der Waals surface area contributed by atoms with E-state index in [0.29, 0.717) is 6.04 Å². The molecule has 3 aromatic rings. The van der Waals surface area contributed by atoms with E-state index >= 15 is 0 Å². The van der Waals surface area contributed by atoms with E-state index in [1.807, 2.05) is 19.2 Å². The summed E-state index contributed by atoms with van der Waals surface area (Å²) in [5.41, 5.74) is 7.14. The fraction of sp³-hybridized carbons (Fsp3) is 0.429. The molecule has 1 fully saturated rings. The molecular formula is C21H26N4O. The third-order valence-electron chi connectivity index (χ3n) is 5.47. The zero-order valence-electron chi connectivity index (χ0n) is 15.7. The van der Waals surface area contributed by atoms with Crippen molar-refractivity contribution in [2.45, 2.75) is 52.6 Å². The number of rotatable bonds is 4. The van der Waals surface area contributed by atoms with Gasteiger partial charge >= 0.3 is 0 Å². The van der Waals surface area contributed by atoms with Crippen LogP contribution in [0.2, 0.25) is 0 Å². The lowest BCUT2D eigenvalue weighted by molar-refractivity contribution is 0.137. The minimum Gasteiger partial charge on any atom is -0.356 e. The van der Waals surface area contributed by atoms with Crippen LogP contribution in [-0.2, 0) is 6.54 Å². The summed E-state index contributed by atoms with van der Waals surface area (Å²) in [4.78, 5) is 2.56. The molecule has 1 saturated heterocycles. The number of hydrogen-bond acceptors (Lipinski definition) is 4. The van der Waals surface area contributed by atoms with E-state index in [4.69, 9.17) is 4.52 Å². The number of aromatic amines is 1. The van der Waals surface area contributed by atoms with Gasteiger partial charge in [-0.3, -0.25) is 10.00 Å². The first kappa shape index (κ1) is 17.0. The third-order valence-corrected chi connectivity index (χ3v) is 5.47. The van der Waals surface area contributed by atoms with Gasteiger partial charge in [0.2, 0.25) is 0 Å². The Balaban J connectivity index is 1.62. The molecule has 5 nitrogen and oxygen atoms in total. The average molecular weight is 350 g/mol. The third kappa shape index (κ3) is 3.31. The Hall–Kier alpha value is -2.40. The van der Waals surface area contributed by atoms with Gasteiger partial charge in [-0.15, -0.1) is 0 Å². The molecule has 5 heteroatoms. The number of H-pyrrole nitrogens is 1. The van der Waals surface area contributed by atoms with E-state index < -0.39 is 0 Å². The molecule has 0 spiro atoms. The normalized spacial score (nSPS) is 18.3. The molecule has 0 bridgehead atoms. The van der Waals surface area contributed by atoms with Gasteiger partial charge in [-0.25, -0.2) is 0 Å². The Morgan fingerprint density at radius 3 is 2.81 bits per heavy atom. The molecule has 4 rings (SSSR count). The molecule has 0 radical (unpaired) electrons. The van der Waals surface area contributed by atoms with Gasteiger partial charge in [-0.2, -0.15) is 5.10 Å². The highest BCUT2D eigenvalue weighted by Gasteiger charge is 2.28. The molecule has 1 aliphatic heterocycles. The first-order valence-electron chi connectivity index (χ1n) is 9.39. The van der Waals surface area contributed by atoms with Crippen molar-refractivity contribution in [2.24, 2.45) is 0 Å². The fourth-order valence-corrected chi connectivity index (χ4v) is 3.88. The lowest BCUT2D eigenvalue weighted by atomic mass is 9.95. The minimum absolute atomic E-state index is 0.327. The van der Waals surface area contributed by atoms with E-state index in [0.717, 1.165) is 42.2 Å². The molecule has 0 aliphatic carbocycles. The molecule has 26 heavy (non-hydrogen) atoms. The van der Waals surface area contributed by atoms with Gasteiger partial charge in [0.05, 0.1) is 29.2 Å². The summed E-state index contributed by atoms with van der Waals surface area (Å²) in [6.45, 7) is 8.36. The molecule has 0 saturated carbocycles. The van der Waals surface area contributed by atoms with Crippen LogP contribution in [0.5, 0.6) is 0 Å². The second-order valence-electron chi connectivity index (χ2n) is 7.43. The molecule has 0 unspecified atom stereocenters. The standard InChI is InChI=1S/C21H26N4O/c1-14-7-8-17(10-15(14)2)13-25-9-5-4-6-19(25)21-18(12-22-23-21)20-11-16(3)24-26-20/h7-8,10-12,19H,4-6,9,13H2,1-3H3,(H,22,23)/t19-/m0/s1. The van der Waals surface area contributed by atoms with E-state index in [2.05, 4.69) is 52.3 Å². The van der Waals surface area contributed by atoms with Crippen LogP contribution in [0.3, 0.4) is 0 Å². The number of aromatic nitrogens is 3. The lowest BCUT2D eigenvalue weighted by Gasteiger charge is -2.35. The Kier molecular flexibility index (Phi) is 4.64.